The Kier molecular flexibility index (Phi) is 3.34. The summed E-state index contributed by atoms with van der Waals surface area (Å²) in [6.07, 6.45) is 9.13. The smallest absolute Gasteiger partial charge is 0.246 e. The van der Waals surface area contributed by atoms with Gasteiger partial charge in [-0.05, 0) is 43.5 Å². The third-order valence-corrected chi connectivity index (χ3v) is 2.94. The van der Waals surface area contributed by atoms with Gasteiger partial charge in [0.05, 0.1) is 6.04 Å². The molecule has 3 heteroatoms. The minimum absolute atomic E-state index is 0.113. The average molecular weight is 216 g/mol. The van der Waals surface area contributed by atoms with Gasteiger partial charge in [-0.3, -0.25) is 9.78 Å². The fourth-order valence-corrected chi connectivity index (χ4v) is 2.20. The van der Waals surface area contributed by atoms with Gasteiger partial charge in [0, 0.05) is 18.9 Å². The van der Waals surface area contributed by atoms with Crippen molar-refractivity contribution in [3.8, 4) is 0 Å². The second-order valence-corrected chi connectivity index (χ2v) is 3.97. The van der Waals surface area contributed by atoms with Crippen molar-refractivity contribution in [1.29, 1.82) is 0 Å². The van der Waals surface area contributed by atoms with Crippen LogP contribution in [0.3, 0.4) is 0 Å². The molecule has 0 bridgehead atoms. The van der Waals surface area contributed by atoms with Gasteiger partial charge in [0.2, 0.25) is 5.91 Å². The van der Waals surface area contributed by atoms with Crippen molar-refractivity contribution >= 4 is 5.91 Å². The normalized spacial score (nSPS) is 20.6. The fourth-order valence-electron chi connectivity index (χ4n) is 2.20. The SMILES string of the molecule is CC=CC(=O)N1CCCC1c1ccncc1. The van der Waals surface area contributed by atoms with Gasteiger partial charge in [-0.1, -0.05) is 6.08 Å². The molecule has 1 aromatic heterocycles. The molecule has 0 saturated carbocycles. The molecular formula is C13H16N2O. The van der Waals surface area contributed by atoms with E-state index < -0.39 is 0 Å². The van der Waals surface area contributed by atoms with E-state index >= 15 is 0 Å². The zero-order valence-electron chi connectivity index (χ0n) is 9.47. The number of carbonyl (C=O) groups excluding carboxylic acids is 1. The highest BCUT2D eigenvalue weighted by atomic mass is 16.2. The molecule has 0 spiro atoms. The van der Waals surface area contributed by atoms with Crippen LogP contribution in [0.2, 0.25) is 0 Å². The Balaban J connectivity index is 2.18. The van der Waals surface area contributed by atoms with Crippen molar-refractivity contribution in [1.82, 2.24) is 9.88 Å². The van der Waals surface area contributed by atoms with Crippen molar-refractivity contribution in [3.63, 3.8) is 0 Å². The number of carbonyl (C=O) groups is 1. The summed E-state index contributed by atoms with van der Waals surface area (Å²) in [5.74, 6) is 0.113. The first-order valence-electron chi connectivity index (χ1n) is 5.66. The van der Waals surface area contributed by atoms with Crippen LogP contribution in [0, 0.1) is 0 Å². The Morgan fingerprint density at radius 2 is 2.25 bits per heavy atom. The second kappa shape index (κ2) is 4.92. The van der Waals surface area contributed by atoms with Gasteiger partial charge < -0.3 is 4.90 Å². The summed E-state index contributed by atoms with van der Waals surface area (Å²) in [5, 5.41) is 0. The average Bonchev–Trinajstić information content (AvgIpc) is 2.79. The molecule has 0 aliphatic carbocycles. The van der Waals surface area contributed by atoms with Crippen molar-refractivity contribution < 1.29 is 4.79 Å². The van der Waals surface area contributed by atoms with E-state index in [-0.39, 0.29) is 11.9 Å². The summed E-state index contributed by atoms with van der Waals surface area (Å²) in [5.41, 5.74) is 1.19. The molecular weight excluding hydrogens is 200 g/mol. The summed E-state index contributed by atoms with van der Waals surface area (Å²) in [6.45, 7) is 2.73. The first-order chi connectivity index (χ1) is 7.83. The minimum Gasteiger partial charge on any atom is -0.332 e. The molecule has 2 rings (SSSR count). The molecule has 3 nitrogen and oxygen atoms in total. The van der Waals surface area contributed by atoms with Crippen LogP contribution in [-0.2, 0) is 4.79 Å². The molecule has 1 aliphatic heterocycles. The number of likely N-dealkylation sites (tertiary alicyclic amines) is 1. The monoisotopic (exact) mass is 216 g/mol. The maximum Gasteiger partial charge on any atom is 0.246 e. The van der Waals surface area contributed by atoms with Gasteiger partial charge in [0.1, 0.15) is 0 Å². The Morgan fingerprint density at radius 3 is 2.94 bits per heavy atom. The molecule has 2 heterocycles. The molecule has 84 valence electrons. The van der Waals surface area contributed by atoms with Gasteiger partial charge in [-0.2, -0.15) is 0 Å². The van der Waals surface area contributed by atoms with Crippen LogP contribution in [-0.4, -0.2) is 22.3 Å². The number of rotatable bonds is 2. The highest BCUT2D eigenvalue weighted by molar-refractivity contribution is 5.88. The molecule has 16 heavy (non-hydrogen) atoms. The topological polar surface area (TPSA) is 33.2 Å². The molecule has 1 aliphatic rings. The number of hydrogen-bond acceptors (Lipinski definition) is 2. The van der Waals surface area contributed by atoms with Crippen molar-refractivity contribution in [2.45, 2.75) is 25.8 Å². The third kappa shape index (κ3) is 2.13. The van der Waals surface area contributed by atoms with Gasteiger partial charge >= 0.3 is 0 Å². The quantitative estimate of drug-likeness (QED) is 0.711. The molecule has 0 N–H and O–H groups in total. The van der Waals surface area contributed by atoms with E-state index in [0.29, 0.717) is 0 Å². The van der Waals surface area contributed by atoms with Gasteiger partial charge in [-0.25, -0.2) is 0 Å². The molecule has 1 fully saturated rings. The number of amides is 1. The van der Waals surface area contributed by atoms with Gasteiger partial charge in [0.25, 0.3) is 0 Å². The van der Waals surface area contributed by atoms with Crippen molar-refractivity contribution in [2.75, 3.05) is 6.54 Å². The summed E-state index contributed by atoms with van der Waals surface area (Å²) in [6, 6.07) is 4.21. The van der Waals surface area contributed by atoms with E-state index in [4.69, 9.17) is 0 Å². The highest BCUT2D eigenvalue weighted by Crippen LogP contribution is 2.31. The minimum atomic E-state index is 0.113. The summed E-state index contributed by atoms with van der Waals surface area (Å²) in [4.78, 5) is 17.8. The molecule has 0 radical (unpaired) electrons. The van der Waals surface area contributed by atoms with Crippen LogP contribution >= 0.6 is 0 Å². The summed E-state index contributed by atoms with van der Waals surface area (Å²) >= 11 is 0. The number of allylic oxidation sites excluding steroid dienone is 1. The molecule has 1 aromatic rings. The number of aromatic nitrogens is 1. The maximum absolute atomic E-state index is 11.9. The Hall–Kier alpha value is -1.64. The van der Waals surface area contributed by atoms with E-state index in [9.17, 15) is 4.79 Å². The van der Waals surface area contributed by atoms with E-state index in [2.05, 4.69) is 4.98 Å². The van der Waals surface area contributed by atoms with E-state index in [0.717, 1.165) is 19.4 Å². The fraction of sp³-hybridized carbons (Fsp3) is 0.385. The van der Waals surface area contributed by atoms with Gasteiger partial charge in [-0.15, -0.1) is 0 Å². The van der Waals surface area contributed by atoms with Crippen molar-refractivity contribution in [3.05, 3.63) is 42.2 Å². The van der Waals surface area contributed by atoms with Crippen LogP contribution in [0.15, 0.2) is 36.7 Å². The van der Waals surface area contributed by atoms with Crippen LogP contribution in [0.5, 0.6) is 0 Å². The van der Waals surface area contributed by atoms with E-state index in [1.54, 1.807) is 24.5 Å². The zero-order valence-corrected chi connectivity index (χ0v) is 9.47. The Bertz CT molecular complexity index is 386. The lowest BCUT2D eigenvalue weighted by atomic mass is 10.1. The lowest BCUT2D eigenvalue weighted by Gasteiger charge is -2.23. The maximum atomic E-state index is 11.9. The lowest BCUT2D eigenvalue weighted by Crippen LogP contribution is -2.28. The predicted octanol–water partition coefficient (Wildman–Crippen LogP) is 2.32. The van der Waals surface area contributed by atoms with Crippen LogP contribution in [0.4, 0.5) is 0 Å². The standard InChI is InChI=1S/C13H16N2O/c1-2-4-13(16)15-10-3-5-12(15)11-6-8-14-9-7-11/h2,4,6-9,12H,3,5,10H2,1H3. The van der Waals surface area contributed by atoms with Crippen LogP contribution < -0.4 is 0 Å². The zero-order chi connectivity index (χ0) is 11.4. The van der Waals surface area contributed by atoms with Crippen molar-refractivity contribution in [2.24, 2.45) is 0 Å². The first kappa shape index (κ1) is 10.9. The molecule has 1 atom stereocenters. The second-order valence-electron chi connectivity index (χ2n) is 3.97. The molecule has 1 unspecified atom stereocenters. The largest absolute Gasteiger partial charge is 0.332 e. The number of nitrogens with zero attached hydrogens (tertiary/aromatic N) is 2. The molecule has 1 saturated heterocycles. The summed E-state index contributed by atoms with van der Waals surface area (Å²) < 4.78 is 0. The Labute approximate surface area is 95.8 Å². The number of hydrogen-bond donors (Lipinski definition) is 0. The first-order valence-corrected chi connectivity index (χ1v) is 5.66. The predicted molar refractivity (Wildman–Crippen MR) is 62.7 cm³/mol. The van der Waals surface area contributed by atoms with Gasteiger partial charge in [0.15, 0.2) is 0 Å². The molecule has 1 amide bonds. The third-order valence-electron chi connectivity index (χ3n) is 2.94. The summed E-state index contributed by atoms with van der Waals surface area (Å²) in [7, 11) is 0. The van der Waals surface area contributed by atoms with E-state index in [1.165, 1.54) is 5.56 Å². The lowest BCUT2D eigenvalue weighted by molar-refractivity contribution is -0.126. The molecule has 0 aromatic carbocycles. The highest BCUT2D eigenvalue weighted by Gasteiger charge is 2.28. The van der Waals surface area contributed by atoms with Crippen LogP contribution in [0.25, 0.3) is 0 Å². The van der Waals surface area contributed by atoms with Crippen LogP contribution in [0.1, 0.15) is 31.4 Å². The van der Waals surface area contributed by atoms with E-state index in [1.807, 2.05) is 24.0 Å². The number of pyridine rings is 1. The Morgan fingerprint density at radius 1 is 1.50 bits per heavy atom.